The third-order valence-electron chi connectivity index (χ3n) is 3.49. The molecule has 1 N–H and O–H groups in total. The predicted octanol–water partition coefficient (Wildman–Crippen LogP) is 4.91. The second-order valence-electron chi connectivity index (χ2n) is 5.66. The van der Waals surface area contributed by atoms with E-state index in [9.17, 15) is 4.39 Å². The van der Waals surface area contributed by atoms with Gasteiger partial charge in [-0.2, -0.15) is 0 Å². The van der Waals surface area contributed by atoms with Crippen LogP contribution in [0.2, 0.25) is 0 Å². The summed E-state index contributed by atoms with van der Waals surface area (Å²) in [5.41, 5.74) is 3.34. The summed E-state index contributed by atoms with van der Waals surface area (Å²) in [5, 5.41) is 5.96. The zero-order valence-corrected chi connectivity index (χ0v) is 12.9. The van der Waals surface area contributed by atoms with Gasteiger partial charge in [-0.15, -0.1) is 11.8 Å². The number of allylic oxidation sites excluding steroid dienone is 6. The van der Waals surface area contributed by atoms with E-state index in [1.165, 1.54) is 11.3 Å². The van der Waals surface area contributed by atoms with Crippen LogP contribution in [0.1, 0.15) is 34.1 Å². The van der Waals surface area contributed by atoms with Crippen molar-refractivity contribution in [1.29, 1.82) is 0 Å². The van der Waals surface area contributed by atoms with Crippen LogP contribution in [0.25, 0.3) is 0 Å². The Hall–Kier alpha value is -0.960. The van der Waals surface area contributed by atoms with Crippen molar-refractivity contribution in [3.05, 3.63) is 46.3 Å². The molecule has 0 spiro atoms. The van der Waals surface area contributed by atoms with Gasteiger partial charge >= 0.3 is 0 Å². The molecule has 1 aliphatic heterocycles. The molecule has 0 aromatic carbocycles. The number of halogens is 1. The number of hydrogen-bond donors (Lipinski definition) is 1. The monoisotopic (exact) mass is 279 g/mol. The molecule has 2 rings (SSSR count). The molecule has 1 heterocycles. The molecule has 0 saturated carbocycles. The normalized spacial score (nSPS) is 23.6. The Morgan fingerprint density at radius 2 is 1.95 bits per heavy atom. The molecule has 1 unspecified atom stereocenters. The summed E-state index contributed by atoms with van der Waals surface area (Å²) < 4.78 is 13.9. The first-order valence-corrected chi connectivity index (χ1v) is 7.82. The van der Waals surface area contributed by atoms with E-state index in [1.807, 2.05) is 26.0 Å². The van der Waals surface area contributed by atoms with Crippen LogP contribution in [-0.4, -0.2) is 5.37 Å². The van der Waals surface area contributed by atoms with Gasteiger partial charge in [0.25, 0.3) is 0 Å². The molecule has 0 saturated heterocycles. The summed E-state index contributed by atoms with van der Waals surface area (Å²) in [6, 6.07) is 0. The van der Waals surface area contributed by atoms with Gasteiger partial charge in [0.05, 0.1) is 5.37 Å². The van der Waals surface area contributed by atoms with Gasteiger partial charge in [0.2, 0.25) is 0 Å². The molecule has 2 aliphatic rings. The van der Waals surface area contributed by atoms with Gasteiger partial charge in [0.15, 0.2) is 0 Å². The van der Waals surface area contributed by atoms with Crippen molar-refractivity contribution >= 4 is 11.8 Å². The van der Waals surface area contributed by atoms with Crippen molar-refractivity contribution in [1.82, 2.24) is 5.32 Å². The zero-order chi connectivity index (χ0) is 14.0. The number of thioether (sulfide) groups is 1. The maximum Gasteiger partial charge on any atom is 0.126 e. The molecule has 3 heteroatoms. The summed E-state index contributed by atoms with van der Waals surface area (Å²) in [6.45, 7) is 8.43. The zero-order valence-electron chi connectivity index (χ0n) is 12.0. The largest absolute Gasteiger partial charge is 0.372 e. The van der Waals surface area contributed by atoms with Crippen LogP contribution >= 0.6 is 11.8 Å². The molecule has 0 amide bonds. The quantitative estimate of drug-likeness (QED) is 0.787. The van der Waals surface area contributed by atoms with Crippen molar-refractivity contribution in [2.24, 2.45) is 11.8 Å². The molecule has 0 aromatic rings. The molecule has 1 nitrogen and oxygen atoms in total. The number of hydrogen-bond acceptors (Lipinski definition) is 2. The first-order valence-electron chi connectivity index (χ1n) is 6.87. The van der Waals surface area contributed by atoms with Crippen molar-refractivity contribution in [2.45, 2.75) is 39.5 Å². The van der Waals surface area contributed by atoms with E-state index >= 15 is 0 Å². The van der Waals surface area contributed by atoms with E-state index in [-0.39, 0.29) is 17.1 Å². The highest BCUT2D eigenvalue weighted by molar-refractivity contribution is 8.03. The Labute approximate surface area is 119 Å². The summed E-state index contributed by atoms with van der Waals surface area (Å²) >= 11 is 1.78. The average molecular weight is 279 g/mol. The Morgan fingerprint density at radius 1 is 1.21 bits per heavy atom. The Kier molecular flexibility index (Phi) is 4.56. The maximum atomic E-state index is 13.9. The molecular weight excluding hydrogens is 257 g/mol. The lowest BCUT2D eigenvalue weighted by Crippen LogP contribution is -2.24. The van der Waals surface area contributed by atoms with Crippen molar-refractivity contribution < 1.29 is 4.39 Å². The fraction of sp³-hybridized carbons (Fsp3) is 0.500. The molecule has 0 fully saturated rings. The average Bonchev–Trinajstić information content (AvgIpc) is 2.74. The highest BCUT2D eigenvalue weighted by atomic mass is 32.2. The van der Waals surface area contributed by atoms with Crippen molar-refractivity contribution in [3.8, 4) is 0 Å². The Morgan fingerprint density at radius 3 is 2.53 bits per heavy atom. The van der Waals surface area contributed by atoms with E-state index in [0.29, 0.717) is 5.92 Å². The molecule has 19 heavy (non-hydrogen) atoms. The van der Waals surface area contributed by atoms with Gasteiger partial charge in [-0.1, -0.05) is 39.8 Å². The first-order chi connectivity index (χ1) is 8.99. The van der Waals surface area contributed by atoms with E-state index in [4.69, 9.17) is 0 Å². The fourth-order valence-corrected chi connectivity index (χ4v) is 3.40. The molecule has 1 atom stereocenters. The topological polar surface area (TPSA) is 12.0 Å². The van der Waals surface area contributed by atoms with Gasteiger partial charge in [-0.25, -0.2) is 4.39 Å². The van der Waals surface area contributed by atoms with Crippen molar-refractivity contribution in [3.63, 3.8) is 0 Å². The van der Waals surface area contributed by atoms with Crippen LogP contribution in [0, 0.1) is 11.8 Å². The van der Waals surface area contributed by atoms with Gasteiger partial charge in [-0.3, -0.25) is 0 Å². The van der Waals surface area contributed by atoms with Crippen molar-refractivity contribution in [2.75, 3.05) is 0 Å². The SMILES string of the molecule is CC(C)C1=CSC(C2=CC=C(F)C(C(C)C)=CC2)N1. The summed E-state index contributed by atoms with van der Waals surface area (Å²) in [6.07, 6.45) is 6.40. The number of rotatable bonds is 3. The fourth-order valence-electron chi connectivity index (χ4n) is 2.22. The molecule has 0 radical (unpaired) electrons. The maximum absolute atomic E-state index is 13.9. The van der Waals surface area contributed by atoms with Gasteiger partial charge in [0, 0.05) is 5.70 Å². The lowest BCUT2D eigenvalue weighted by Gasteiger charge is -2.17. The Balaban J connectivity index is 2.09. The second-order valence-corrected chi connectivity index (χ2v) is 6.64. The van der Waals surface area contributed by atoms with E-state index in [1.54, 1.807) is 17.8 Å². The number of nitrogens with one attached hydrogen (secondary N) is 1. The lowest BCUT2D eigenvalue weighted by molar-refractivity contribution is 0.608. The smallest absolute Gasteiger partial charge is 0.126 e. The van der Waals surface area contributed by atoms with E-state index in [2.05, 4.69) is 24.6 Å². The molecule has 0 aromatic heterocycles. The second kappa shape index (κ2) is 6.00. The Bertz CT molecular complexity index is 469. The lowest BCUT2D eigenvalue weighted by atomic mass is 10.0. The first kappa shape index (κ1) is 14.4. The minimum absolute atomic E-state index is 0.0926. The van der Waals surface area contributed by atoms with Crippen LogP contribution < -0.4 is 5.32 Å². The van der Waals surface area contributed by atoms with E-state index in [0.717, 1.165) is 12.0 Å². The predicted molar refractivity (Wildman–Crippen MR) is 82.2 cm³/mol. The van der Waals surface area contributed by atoms with Gasteiger partial charge < -0.3 is 5.32 Å². The van der Waals surface area contributed by atoms with Crippen LogP contribution in [0.3, 0.4) is 0 Å². The minimum atomic E-state index is -0.0926. The highest BCUT2D eigenvalue weighted by Gasteiger charge is 2.22. The van der Waals surface area contributed by atoms with Crippen LogP contribution in [0.5, 0.6) is 0 Å². The summed E-state index contributed by atoms with van der Waals surface area (Å²) in [5.74, 6) is 0.653. The van der Waals surface area contributed by atoms with Gasteiger partial charge in [-0.05, 0) is 40.9 Å². The summed E-state index contributed by atoms with van der Waals surface area (Å²) in [4.78, 5) is 0. The molecular formula is C16H22FNS. The minimum Gasteiger partial charge on any atom is -0.372 e. The van der Waals surface area contributed by atoms with Crippen LogP contribution in [0.15, 0.2) is 46.3 Å². The van der Waals surface area contributed by atoms with Crippen LogP contribution in [0.4, 0.5) is 4.39 Å². The standard InChI is InChI=1S/C16H22FNS/c1-10(2)13-7-5-12(6-8-14(13)17)16-18-15(9-19-16)11(3)4/h6-11,16,18H,5H2,1-4H3. The van der Waals surface area contributed by atoms with E-state index < -0.39 is 0 Å². The third-order valence-corrected chi connectivity index (χ3v) is 4.57. The highest BCUT2D eigenvalue weighted by Crippen LogP contribution is 2.33. The molecule has 1 aliphatic carbocycles. The van der Waals surface area contributed by atoms with Gasteiger partial charge in [0.1, 0.15) is 5.83 Å². The third kappa shape index (κ3) is 3.33. The summed E-state index contributed by atoms with van der Waals surface area (Å²) in [7, 11) is 0. The van der Waals surface area contributed by atoms with Crippen LogP contribution in [-0.2, 0) is 0 Å². The molecule has 0 bridgehead atoms. The molecule has 104 valence electrons.